The van der Waals surface area contributed by atoms with Gasteiger partial charge in [0.05, 0.1) is 12.7 Å². The Hall–Kier alpha value is -1.65. The lowest BCUT2D eigenvalue weighted by Gasteiger charge is -2.01. The van der Waals surface area contributed by atoms with E-state index >= 15 is 0 Å². The van der Waals surface area contributed by atoms with Crippen LogP contribution in [0.3, 0.4) is 0 Å². The summed E-state index contributed by atoms with van der Waals surface area (Å²) in [5.74, 6) is -0.436. The van der Waals surface area contributed by atoms with E-state index in [-0.39, 0.29) is 18.5 Å². The van der Waals surface area contributed by atoms with Crippen molar-refractivity contribution in [2.45, 2.75) is 19.9 Å². The Morgan fingerprint density at radius 3 is 2.92 bits per heavy atom. The smallest absolute Gasteiger partial charge is 0.266 e. The summed E-state index contributed by atoms with van der Waals surface area (Å²) in [7, 11) is 0. The van der Waals surface area contributed by atoms with Gasteiger partial charge in [-0.05, 0) is 12.5 Å². The minimum Gasteiger partial charge on any atom is -0.370 e. The van der Waals surface area contributed by atoms with Gasteiger partial charge in [0.15, 0.2) is 0 Å². The van der Waals surface area contributed by atoms with Crippen molar-refractivity contribution >= 4 is 5.91 Å². The molecular formula is C8H11N3O2. The van der Waals surface area contributed by atoms with E-state index in [1.165, 1.54) is 10.7 Å². The first-order valence-corrected chi connectivity index (χ1v) is 3.91. The summed E-state index contributed by atoms with van der Waals surface area (Å²) in [4.78, 5) is 21.6. The molecule has 0 saturated heterocycles. The molecule has 0 aliphatic rings. The molecule has 70 valence electrons. The largest absolute Gasteiger partial charge is 0.370 e. The molecule has 0 bridgehead atoms. The number of nitrogens with zero attached hydrogens (tertiary/aromatic N) is 2. The third-order valence-electron chi connectivity index (χ3n) is 1.58. The van der Waals surface area contributed by atoms with Gasteiger partial charge in [0.2, 0.25) is 5.91 Å². The molecule has 0 fully saturated rings. The summed E-state index contributed by atoms with van der Waals surface area (Å²) in [5, 5.41) is 3.85. The van der Waals surface area contributed by atoms with Crippen LogP contribution in [0.1, 0.15) is 12.0 Å². The molecule has 13 heavy (non-hydrogen) atoms. The molecule has 0 aliphatic heterocycles. The Morgan fingerprint density at radius 1 is 1.69 bits per heavy atom. The Morgan fingerprint density at radius 2 is 2.38 bits per heavy atom. The van der Waals surface area contributed by atoms with Gasteiger partial charge >= 0.3 is 0 Å². The van der Waals surface area contributed by atoms with Gasteiger partial charge < -0.3 is 5.73 Å². The van der Waals surface area contributed by atoms with Crippen LogP contribution in [-0.2, 0) is 11.3 Å². The first-order valence-electron chi connectivity index (χ1n) is 3.91. The summed E-state index contributed by atoms with van der Waals surface area (Å²) >= 11 is 0. The second kappa shape index (κ2) is 3.84. The number of hydrogen-bond donors (Lipinski definition) is 1. The van der Waals surface area contributed by atoms with Crippen molar-refractivity contribution in [1.29, 1.82) is 0 Å². The third-order valence-corrected chi connectivity index (χ3v) is 1.58. The summed E-state index contributed by atoms with van der Waals surface area (Å²) in [6.07, 6.45) is 1.71. The van der Waals surface area contributed by atoms with Crippen LogP contribution in [-0.4, -0.2) is 15.7 Å². The van der Waals surface area contributed by atoms with E-state index in [2.05, 4.69) is 5.10 Å². The molecule has 0 aliphatic carbocycles. The summed E-state index contributed by atoms with van der Waals surface area (Å²) in [6.45, 7) is 2.03. The number of aryl methyl sites for hydroxylation is 2. The van der Waals surface area contributed by atoms with Crippen LogP contribution in [0.5, 0.6) is 0 Å². The van der Waals surface area contributed by atoms with E-state index in [4.69, 9.17) is 5.73 Å². The van der Waals surface area contributed by atoms with Gasteiger partial charge in [0.25, 0.3) is 5.56 Å². The molecule has 1 aromatic rings. The number of carbonyl (C=O) groups excluding carboxylic acids is 1. The Labute approximate surface area is 75.2 Å². The zero-order valence-electron chi connectivity index (χ0n) is 7.36. The van der Waals surface area contributed by atoms with E-state index < -0.39 is 5.91 Å². The zero-order valence-corrected chi connectivity index (χ0v) is 7.36. The van der Waals surface area contributed by atoms with Crippen molar-refractivity contribution in [2.24, 2.45) is 5.73 Å². The molecule has 5 heteroatoms. The third kappa shape index (κ3) is 2.70. The van der Waals surface area contributed by atoms with Crippen molar-refractivity contribution in [1.82, 2.24) is 9.78 Å². The average Bonchev–Trinajstić information content (AvgIpc) is 2.02. The summed E-state index contributed by atoms with van der Waals surface area (Å²) < 4.78 is 1.22. The molecule has 1 heterocycles. The quantitative estimate of drug-likeness (QED) is 0.678. The highest BCUT2D eigenvalue weighted by molar-refractivity contribution is 5.73. The maximum absolute atomic E-state index is 11.2. The lowest BCUT2D eigenvalue weighted by molar-refractivity contribution is -0.118. The first kappa shape index (κ1) is 9.44. The fourth-order valence-electron chi connectivity index (χ4n) is 0.908. The van der Waals surface area contributed by atoms with Gasteiger partial charge in [-0.1, -0.05) is 0 Å². The molecular weight excluding hydrogens is 170 g/mol. The lowest BCUT2D eigenvalue weighted by Crippen LogP contribution is -2.25. The highest BCUT2D eigenvalue weighted by atomic mass is 16.1. The van der Waals surface area contributed by atoms with Gasteiger partial charge in [0, 0.05) is 12.5 Å². The molecule has 1 aromatic heterocycles. The average molecular weight is 181 g/mol. The molecule has 0 atom stereocenters. The van der Waals surface area contributed by atoms with Gasteiger partial charge in [-0.3, -0.25) is 9.59 Å². The lowest BCUT2D eigenvalue weighted by atomic mass is 10.3. The molecule has 2 N–H and O–H groups in total. The number of rotatable bonds is 3. The van der Waals surface area contributed by atoms with Gasteiger partial charge in [-0.25, -0.2) is 4.68 Å². The van der Waals surface area contributed by atoms with Crippen molar-refractivity contribution in [3.63, 3.8) is 0 Å². The number of primary amides is 1. The Bertz CT molecular complexity index is 370. The van der Waals surface area contributed by atoms with Gasteiger partial charge in [0.1, 0.15) is 0 Å². The van der Waals surface area contributed by atoms with Crippen molar-refractivity contribution in [2.75, 3.05) is 0 Å². The van der Waals surface area contributed by atoms with Crippen LogP contribution in [0.2, 0.25) is 0 Å². The number of aromatic nitrogens is 2. The van der Waals surface area contributed by atoms with E-state index in [0.29, 0.717) is 0 Å². The minimum absolute atomic E-state index is 0.135. The van der Waals surface area contributed by atoms with Crippen molar-refractivity contribution in [3.8, 4) is 0 Å². The molecule has 0 aromatic carbocycles. The second-order valence-corrected chi connectivity index (χ2v) is 2.81. The van der Waals surface area contributed by atoms with E-state index in [0.717, 1.165) is 5.56 Å². The first-order chi connectivity index (χ1) is 6.09. The fraction of sp³-hybridized carbons (Fsp3) is 0.375. The molecule has 0 saturated carbocycles. The Balaban J connectivity index is 2.78. The maximum Gasteiger partial charge on any atom is 0.266 e. The van der Waals surface area contributed by atoms with Crippen LogP contribution < -0.4 is 11.3 Å². The highest BCUT2D eigenvalue weighted by Gasteiger charge is 1.99. The minimum atomic E-state index is -0.436. The standard InChI is InChI=1S/C8H11N3O2/c1-6-4-8(13)11(10-5-6)3-2-7(9)12/h4-5H,2-3H2,1H3,(H2,9,12). The molecule has 0 radical (unpaired) electrons. The number of amides is 1. The van der Waals surface area contributed by atoms with Gasteiger partial charge in [-0.2, -0.15) is 5.10 Å². The number of hydrogen-bond acceptors (Lipinski definition) is 3. The molecule has 0 spiro atoms. The maximum atomic E-state index is 11.2. The summed E-state index contributed by atoms with van der Waals surface area (Å²) in [5.41, 5.74) is 5.54. The normalized spacial score (nSPS) is 9.92. The second-order valence-electron chi connectivity index (χ2n) is 2.81. The number of nitrogens with two attached hydrogens (primary N) is 1. The van der Waals surface area contributed by atoms with Gasteiger partial charge in [-0.15, -0.1) is 0 Å². The molecule has 1 amide bonds. The van der Waals surface area contributed by atoms with Crippen LogP contribution in [0.15, 0.2) is 17.1 Å². The number of carbonyl (C=O) groups is 1. The molecule has 5 nitrogen and oxygen atoms in total. The predicted molar refractivity (Wildman–Crippen MR) is 47.0 cm³/mol. The van der Waals surface area contributed by atoms with E-state index in [9.17, 15) is 9.59 Å². The molecule has 1 rings (SSSR count). The van der Waals surface area contributed by atoms with E-state index in [1.54, 1.807) is 13.1 Å². The van der Waals surface area contributed by atoms with Crippen molar-refractivity contribution < 1.29 is 4.79 Å². The molecule has 0 unspecified atom stereocenters. The van der Waals surface area contributed by atoms with Crippen LogP contribution in [0.4, 0.5) is 0 Å². The predicted octanol–water partition coefficient (Wildman–Crippen LogP) is -0.573. The fourth-order valence-corrected chi connectivity index (χ4v) is 0.908. The monoisotopic (exact) mass is 181 g/mol. The van der Waals surface area contributed by atoms with E-state index in [1.807, 2.05) is 0 Å². The highest BCUT2D eigenvalue weighted by Crippen LogP contribution is 1.88. The van der Waals surface area contributed by atoms with Crippen molar-refractivity contribution in [3.05, 3.63) is 28.2 Å². The topological polar surface area (TPSA) is 78.0 Å². The Kier molecular flexibility index (Phi) is 2.79. The SMILES string of the molecule is Cc1cnn(CCC(N)=O)c(=O)c1. The summed E-state index contributed by atoms with van der Waals surface area (Å²) in [6, 6.07) is 1.47. The van der Waals surface area contributed by atoms with Crippen LogP contribution in [0, 0.1) is 6.92 Å². The van der Waals surface area contributed by atoms with Crippen LogP contribution in [0.25, 0.3) is 0 Å². The van der Waals surface area contributed by atoms with Crippen LogP contribution >= 0.6 is 0 Å². The zero-order chi connectivity index (χ0) is 9.84.